The maximum Gasteiger partial charge on any atom is 0.276 e. The highest BCUT2D eigenvalue weighted by Gasteiger charge is 2.22. The summed E-state index contributed by atoms with van der Waals surface area (Å²) in [5.41, 5.74) is 3.53. The fourth-order valence-electron chi connectivity index (χ4n) is 2.60. The minimum absolute atomic E-state index is 0.189. The van der Waals surface area contributed by atoms with Crippen LogP contribution in [0.25, 0.3) is 0 Å². The van der Waals surface area contributed by atoms with Gasteiger partial charge in [-0.2, -0.15) is 0 Å². The quantitative estimate of drug-likeness (QED) is 0.813. The number of hydrazine groups is 1. The van der Waals surface area contributed by atoms with E-state index in [-0.39, 0.29) is 4.21 Å². The van der Waals surface area contributed by atoms with Crippen molar-refractivity contribution >= 4 is 38.6 Å². The first kappa shape index (κ1) is 16.6. The third-order valence-corrected chi connectivity index (χ3v) is 7.81. The van der Waals surface area contributed by atoms with Crippen molar-refractivity contribution in [3.63, 3.8) is 0 Å². The summed E-state index contributed by atoms with van der Waals surface area (Å²) in [7, 11) is -3.71. The van der Waals surface area contributed by atoms with E-state index in [0.29, 0.717) is 10.8 Å². The van der Waals surface area contributed by atoms with Crippen LogP contribution in [0.3, 0.4) is 0 Å². The largest absolute Gasteiger partial charge is 0.276 e. The smallest absolute Gasteiger partial charge is 0.273 e. The van der Waals surface area contributed by atoms with E-state index in [4.69, 9.17) is 0 Å². The average Bonchev–Trinajstić information content (AvgIpc) is 3.11. The molecule has 1 aliphatic rings. The van der Waals surface area contributed by atoms with E-state index < -0.39 is 15.9 Å². The number of sulfonamides is 1. The summed E-state index contributed by atoms with van der Waals surface area (Å²) in [4.78, 5) is 17.1. The summed E-state index contributed by atoms with van der Waals surface area (Å²) in [6, 6.07) is 5.14. The van der Waals surface area contributed by atoms with Crippen LogP contribution in [0, 0.1) is 12.8 Å². The van der Waals surface area contributed by atoms with Crippen LogP contribution in [0.4, 0.5) is 0 Å². The Hall–Kier alpha value is -1.22. The van der Waals surface area contributed by atoms with Gasteiger partial charge in [-0.25, -0.2) is 8.42 Å². The van der Waals surface area contributed by atoms with Crippen molar-refractivity contribution in [3.8, 4) is 0 Å². The van der Waals surface area contributed by atoms with Crippen molar-refractivity contribution in [1.82, 2.24) is 10.3 Å². The number of hydrogen-bond donors (Lipinski definition) is 2. The molecule has 124 valence electrons. The highest BCUT2D eigenvalue weighted by atomic mass is 32.2. The molecule has 0 spiro atoms. The summed E-state index contributed by atoms with van der Waals surface area (Å²) in [5, 5.41) is 0. The fraction of sp³-hybridized carbons (Fsp3) is 0.400. The van der Waals surface area contributed by atoms with Crippen molar-refractivity contribution in [2.45, 2.75) is 37.3 Å². The lowest BCUT2D eigenvalue weighted by molar-refractivity contribution is 0.0949. The van der Waals surface area contributed by atoms with Crippen LogP contribution in [0.5, 0.6) is 0 Å². The van der Waals surface area contributed by atoms with Gasteiger partial charge in [0.15, 0.2) is 0 Å². The van der Waals surface area contributed by atoms with Crippen LogP contribution in [0.1, 0.15) is 38.3 Å². The fourth-order valence-corrected chi connectivity index (χ4v) is 5.83. The number of rotatable bonds is 4. The van der Waals surface area contributed by atoms with Gasteiger partial charge in [0.05, 0.1) is 4.88 Å². The number of hydrogen-bond acceptors (Lipinski definition) is 5. The topological polar surface area (TPSA) is 75.3 Å². The Balaban J connectivity index is 1.68. The predicted octanol–water partition coefficient (Wildman–Crippen LogP) is 2.87. The van der Waals surface area contributed by atoms with Crippen molar-refractivity contribution in [2.24, 2.45) is 5.92 Å². The zero-order chi connectivity index (χ0) is 16.6. The SMILES string of the molecule is Cc1ccc(S(=O)(=O)NNC(=O)c2cc3c(s2)CC[C@@H](C)C3)s1. The summed E-state index contributed by atoms with van der Waals surface area (Å²) < 4.78 is 24.4. The van der Waals surface area contributed by atoms with Gasteiger partial charge in [0, 0.05) is 9.75 Å². The second kappa shape index (κ2) is 6.35. The molecule has 0 bridgehead atoms. The highest BCUT2D eigenvalue weighted by Crippen LogP contribution is 2.32. The second-order valence-electron chi connectivity index (χ2n) is 5.83. The molecule has 2 heterocycles. The third-order valence-electron chi connectivity index (χ3n) is 3.83. The van der Waals surface area contributed by atoms with Crippen molar-refractivity contribution in [3.05, 3.63) is 38.4 Å². The highest BCUT2D eigenvalue weighted by molar-refractivity contribution is 7.91. The number of aryl methyl sites for hydroxylation is 2. The lowest BCUT2D eigenvalue weighted by Gasteiger charge is -2.16. The monoisotopic (exact) mass is 370 g/mol. The van der Waals surface area contributed by atoms with Gasteiger partial charge in [-0.15, -0.1) is 27.5 Å². The first-order valence-electron chi connectivity index (χ1n) is 7.35. The molecule has 0 saturated carbocycles. The normalized spacial score (nSPS) is 17.7. The number of thiophene rings is 2. The molecule has 0 unspecified atom stereocenters. The number of amides is 1. The van der Waals surface area contributed by atoms with Gasteiger partial charge < -0.3 is 0 Å². The molecule has 3 rings (SSSR count). The average molecular weight is 371 g/mol. The van der Waals surface area contributed by atoms with Crippen LogP contribution in [-0.2, 0) is 22.9 Å². The van der Waals surface area contributed by atoms with Crippen LogP contribution >= 0.6 is 22.7 Å². The van der Waals surface area contributed by atoms with Gasteiger partial charge in [-0.1, -0.05) is 6.92 Å². The van der Waals surface area contributed by atoms with E-state index in [0.717, 1.165) is 24.1 Å². The second-order valence-corrected chi connectivity index (χ2v) is 10.2. The Morgan fingerprint density at radius 2 is 2.09 bits per heavy atom. The van der Waals surface area contributed by atoms with Crippen molar-refractivity contribution in [1.29, 1.82) is 0 Å². The maximum absolute atomic E-state index is 12.2. The van der Waals surface area contributed by atoms with Crippen LogP contribution in [0.15, 0.2) is 22.4 Å². The minimum atomic E-state index is -3.71. The number of nitrogens with one attached hydrogen (secondary N) is 2. The summed E-state index contributed by atoms with van der Waals surface area (Å²) in [6.07, 6.45) is 3.12. The number of fused-ring (bicyclic) bond motifs is 1. The Morgan fingerprint density at radius 1 is 1.30 bits per heavy atom. The van der Waals surface area contributed by atoms with Gasteiger partial charge in [0.2, 0.25) is 0 Å². The van der Waals surface area contributed by atoms with E-state index in [1.165, 1.54) is 39.2 Å². The molecule has 0 aliphatic heterocycles. The Labute approximate surface area is 143 Å². The van der Waals surface area contributed by atoms with Crippen LogP contribution < -0.4 is 10.3 Å². The van der Waals surface area contributed by atoms with E-state index in [2.05, 4.69) is 17.2 Å². The summed E-state index contributed by atoms with van der Waals surface area (Å²) in [6.45, 7) is 4.04. The molecule has 0 saturated heterocycles. The predicted molar refractivity (Wildman–Crippen MR) is 92.4 cm³/mol. The Morgan fingerprint density at radius 3 is 2.78 bits per heavy atom. The molecular formula is C15H18N2O3S3. The molecule has 2 N–H and O–H groups in total. The number of carbonyl (C=O) groups is 1. The molecule has 5 nitrogen and oxygen atoms in total. The molecule has 2 aromatic rings. The van der Waals surface area contributed by atoms with Gasteiger partial charge in [0.1, 0.15) is 4.21 Å². The molecule has 1 atom stereocenters. The first-order chi connectivity index (χ1) is 10.8. The minimum Gasteiger partial charge on any atom is -0.273 e. The molecule has 0 aromatic carbocycles. The van der Waals surface area contributed by atoms with Gasteiger partial charge in [-0.05, 0) is 55.9 Å². The summed E-state index contributed by atoms with van der Waals surface area (Å²) in [5.74, 6) is 0.225. The molecule has 23 heavy (non-hydrogen) atoms. The van der Waals surface area contributed by atoms with E-state index in [1.54, 1.807) is 6.07 Å². The van der Waals surface area contributed by atoms with E-state index in [9.17, 15) is 13.2 Å². The zero-order valence-electron chi connectivity index (χ0n) is 12.9. The molecule has 1 amide bonds. The van der Waals surface area contributed by atoms with E-state index in [1.807, 2.05) is 13.0 Å². The van der Waals surface area contributed by atoms with Crippen LogP contribution in [-0.4, -0.2) is 14.3 Å². The lowest BCUT2D eigenvalue weighted by atomic mass is 9.90. The number of carbonyl (C=O) groups excluding carboxylic acids is 1. The standard InChI is InChI=1S/C15H18N2O3S3/c1-9-3-5-12-11(7-9)8-13(22-12)15(18)16-17-23(19,20)14-6-4-10(2)21-14/h4,6,8-9,17H,3,5,7H2,1-2H3,(H,16,18)/t9-/m1/s1. The third kappa shape index (κ3) is 3.65. The molecular weight excluding hydrogens is 352 g/mol. The van der Waals surface area contributed by atoms with Gasteiger partial charge in [0.25, 0.3) is 15.9 Å². The lowest BCUT2D eigenvalue weighted by Crippen LogP contribution is -2.40. The Bertz CT molecular complexity index is 836. The molecule has 1 aliphatic carbocycles. The van der Waals surface area contributed by atoms with Crippen molar-refractivity contribution in [2.75, 3.05) is 0 Å². The van der Waals surface area contributed by atoms with Crippen LogP contribution in [0.2, 0.25) is 0 Å². The zero-order valence-corrected chi connectivity index (χ0v) is 15.3. The Kier molecular flexibility index (Phi) is 4.59. The molecule has 0 radical (unpaired) electrons. The molecule has 0 fully saturated rings. The molecule has 8 heteroatoms. The maximum atomic E-state index is 12.2. The van der Waals surface area contributed by atoms with E-state index >= 15 is 0 Å². The first-order valence-corrected chi connectivity index (χ1v) is 10.5. The van der Waals surface area contributed by atoms with Gasteiger partial charge in [-0.3, -0.25) is 10.2 Å². The van der Waals surface area contributed by atoms with Gasteiger partial charge >= 0.3 is 0 Å². The van der Waals surface area contributed by atoms with Crippen molar-refractivity contribution < 1.29 is 13.2 Å². The molecule has 2 aromatic heterocycles. The summed E-state index contributed by atoms with van der Waals surface area (Å²) >= 11 is 2.62.